The minimum absolute atomic E-state index is 0.333. The standard InChI is InChI=1S/C14H16N4OS/c15-17-13(19)14-16-11(9-20-14)8-18-7-3-5-10-4-1-2-6-12(10)18/h1-2,4,6,9H,3,5,7-8,15H2,(H,17,19). The van der Waals surface area contributed by atoms with Crippen molar-refractivity contribution in [3.8, 4) is 0 Å². The maximum absolute atomic E-state index is 11.4. The van der Waals surface area contributed by atoms with E-state index in [2.05, 4.69) is 39.6 Å². The predicted molar refractivity (Wildman–Crippen MR) is 79.6 cm³/mol. The third-order valence-electron chi connectivity index (χ3n) is 3.44. The number of nitrogens with two attached hydrogens (primary N) is 1. The lowest BCUT2D eigenvalue weighted by Crippen LogP contribution is -2.30. The van der Waals surface area contributed by atoms with Crippen LogP contribution in [-0.2, 0) is 13.0 Å². The molecule has 5 nitrogen and oxygen atoms in total. The topological polar surface area (TPSA) is 71.2 Å². The first-order valence-electron chi connectivity index (χ1n) is 6.56. The molecular formula is C14H16N4OS. The number of rotatable bonds is 3. The van der Waals surface area contributed by atoms with E-state index in [1.807, 2.05) is 5.38 Å². The summed E-state index contributed by atoms with van der Waals surface area (Å²) in [5, 5.41) is 2.33. The highest BCUT2D eigenvalue weighted by Gasteiger charge is 2.18. The van der Waals surface area contributed by atoms with Crippen LogP contribution in [0.5, 0.6) is 0 Å². The first-order chi connectivity index (χ1) is 9.78. The lowest BCUT2D eigenvalue weighted by molar-refractivity contribution is 0.0953. The second kappa shape index (κ2) is 5.60. The Morgan fingerprint density at radius 3 is 3.15 bits per heavy atom. The highest BCUT2D eigenvalue weighted by molar-refractivity contribution is 7.11. The summed E-state index contributed by atoms with van der Waals surface area (Å²) in [6.45, 7) is 1.75. The van der Waals surface area contributed by atoms with E-state index in [0.29, 0.717) is 5.01 Å². The van der Waals surface area contributed by atoms with Gasteiger partial charge < -0.3 is 4.90 Å². The van der Waals surface area contributed by atoms with E-state index >= 15 is 0 Å². The minimum atomic E-state index is -0.333. The average molecular weight is 288 g/mol. The Bertz CT molecular complexity index is 625. The molecule has 0 radical (unpaired) electrons. The fourth-order valence-electron chi connectivity index (χ4n) is 2.52. The molecule has 20 heavy (non-hydrogen) atoms. The average Bonchev–Trinajstić information content (AvgIpc) is 2.95. The Morgan fingerprint density at radius 2 is 2.30 bits per heavy atom. The second-order valence-electron chi connectivity index (χ2n) is 4.77. The summed E-state index contributed by atoms with van der Waals surface area (Å²) in [6, 6.07) is 8.46. The van der Waals surface area contributed by atoms with Crippen LogP contribution in [0.3, 0.4) is 0 Å². The molecule has 2 heterocycles. The van der Waals surface area contributed by atoms with Gasteiger partial charge in [0, 0.05) is 17.6 Å². The lowest BCUT2D eigenvalue weighted by Gasteiger charge is -2.30. The molecule has 2 aromatic rings. The monoisotopic (exact) mass is 288 g/mol. The summed E-state index contributed by atoms with van der Waals surface area (Å²) in [5.41, 5.74) is 5.67. The summed E-state index contributed by atoms with van der Waals surface area (Å²) in [7, 11) is 0. The largest absolute Gasteiger partial charge is 0.365 e. The summed E-state index contributed by atoms with van der Waals surface area (Å²) in [6.07, 6.45) is 2.28. The van der Waals surface area contributed by atoms with Crippen LogP contribution in [0.15, 0.2) is 29.6 Å². The maximum atomic E-state index is 11.4. The molecule has 0 spiro atoms. The van der Waals surface area contributed by atoms with Crippen molar-refractivity contribution in [3.05, 3.63) is 45.9 Å². The number of para-hydroxylation sites is 1. The zero-order valence-corrected chi connectivity index (χ0v) is 11.8. The number of hydrazine groups is 1. The fraction of sp³-hybridized carbons (Fsp3) is 0.286. The molecule has 6 heteroatoms. The van der Waals surface area contributed by atoms with Crippen LogP contribution >= 0.6 is 11.3 Å². The normalized spacial score (nSPS) is 13.9. The number of nitrogens with zero attached hydrogens (tertiary/aromatic N) is 2. The predicted octanol–water partition coefficient (Wildman–Crippen LogP) is 1.70. The SMILES string of the molecule is NNC(=O)c1nc(CN2CCCc3ccccc32)cs1. The van der Waals surface area contributed by atoms with Gasteiger partial charge in [0.2, 0.25) is 0 Å². The number of anilines is 1. The lowest BCUT2D eigenvalue weighted by atomic mass is 10.0. The van der Waals surface area contributed by atoms with Crippen LogP contribution in [0, 0.1) is 0 Å². The number of aryl methyl sites for hydroxylation is 1. The number of fused-ring (bicyclic) bond motifs is 1. The molecule has 0 fully saturated rings. The van der Waals surface area contributed by atoms with Crippen LogP contribution in [0.2, 0.25) is 0 Å². The second-order valence-corrected chi connectivity index (χ2v) is 5.63. The van der Waals surface area contributed by atoms with Crippen molar-refractivity contribution in [3.63, 3.8) is 0 Å². The van der Waals surface area contributed by atoms with Gasteiger partial charge in [-0.15, -0.1) is 11.3 Å². The zero-order chi connectivity index (χ0) is 13.9. The number of carbonyl (C=O) groups is 1. The van der Waals surface area contributed by atoms with Crippen LogP contribution in [0.25, 0.3) is 0 Å². The van der Waals surface area contributed by atoms with Gasteiger partial charge in [-0.05, 0) is 24.5 Å². The van der Waals surface area contributed by atoms with E-state index in [1.165, 1.54) is 22.6 Å². The molecule has 0 bridgehead atoms. The molecule has 0 aliphatic carbocycles. The smallest absolute Gasteiger partial charge is 0.294 e. The number of hydrogen-bond acceptors (Lipinski definition) is 5. The third kappa shape index (κ3) is 2.52. The Balaban J connectivity index is 1.79. The van der Waals surface area contributed by atoms with Gasteiger partial charge in [-0.3, -0.25) is 10.2 Å². The number of thiazole rings is 1. The molecule has 0 atom stereocenters. The molecule has 1 aromatic carbocycles. The summed E-state index contributed by atoms with van der Waals surface area (Å²) in [4.78, 5) is 18.1. The van der Waals surface area contributed by atoms with Crippen molar-refractivity contribution in [1.29, 1.82) is 0 Å². The van der Waals surface area contributed by atoms with Crippen molar-refractivity contribution in [2.45, 2.75) is 19.4 Å². The Kier molecular flexibility index (Phi) is 3.66. The van der Waals surface area contributed by atoms with Crippen LogP contribution in [-0.4, -0.2) is 17.4 Å². The van der Waals surface area contributed by atoms with Gasteiger partial charge in [-0.1, -0.05) is 18.2 Å². The van der Waals surface area contributed by atoms with Gasteiger partial charge in [0.1, 0.15) is 0 Å². The van der Waals surface area contributed by atoms with E-state index in [9.17, 15) is 4.79 Å². The molecule has 1 aliphatic rings. The van der Waals surface area contributed by atoms with Crippen LogP contribution in [0.4, 0.5) is 5.69 Å². The third-order valence-corrected chi connectivity index (χ3v) is 4.33. The minimum Gasteiger partial charge on any atom is -0.365 e. The van der Waals surface area contributed by atoms with Gasteiger partial charge in [-0.25, -0.2) is 10.8 Å². The number of hydrogen-bond donors (Lipinski definition) is 2. The van der Waals surface area contributed by atoms with Gasteiger partial charge in [0.05, 0.1) is 12.2 Å². The fourth-order valence-corrected chi connectivity index (χ4v) is 3.23. The highest BCUT2D eigenvalue weighted by atomic mass is 32.1. The van der Waals surface area contributed by atoms with E-state index in [0.717, 1.165) is 31.6 Å². The Hall–Kier alpha value is -1.92. The van der Waals surface area contributed by atoms with Gasteiger partial charge in [0.25, 0.3) is 5.91 Å². The number of nitrogens with one attached hydrogen (secondary N) is 1. The Labute approximate surface area is 121 Å². The highest BCUT2D eigenvalue weighted by Crippen LogP contribution is 2.28. The Morgan fingerprint density at radius 1 is 1.45 bits per heavy atom. The molecule has 0 unspecified atom stereocenters. The molecule has 1 aromatic heterocycles. The zero-order valence-electron chi connectivity index (χ0n) is 11.0. The van der Waals surface area contributed by atoms with Crippen molar-refractivity contribution in [1.82, 2.24) is 10.4 Å². The molecule has 0 saturated carbocycles. The number of nitrogen functional groups attached to an aromatic ring is 1. The van der Waals surface area contributed by atoms with Gasteiger partial charge in [0.15, 0.2) is 5.01 Å². The van der Waals surface area contributed by atoms with Gasteiger partial charge in [-0.2, -0.15) is 0 Å². The van der Waals surface area contributed by atoms with Crippen molar-refractivity contribution < 1.29 is 4.79 Å². The molecule has 1 aliphatic heterocycles. The summed E-state index contributed by atoms with van der Waals surface area (Å²) >= 11 is 1.32. The molecule has 104 valence electrons. The van der Waals surface area contributed by atoms with E-state index < -0.39 is 0 Å². The molecule has 0 saturated heterocycles. The number of carbonyl (C=O) groups excluding carboxylic acids is 1. The quantitative estimate of drug-likeness (QED) is 0.512. The summed E-state index contributed by atoms with van der Waals surface area (Å²) in [5.74, 6) is 4.78. The van der Waals surface area contributed by atoms with Gasteiger partial charge >= 0.3 is 0 Å². The molecule has 1 amide bonds. The summed E-state index contributed by atoms with van der Waals surface area (Å²) < 4.78 is 0. The van der Waals surface area contributed by atoms with E-state index in [4.69, 9.17) is 5.84 Å². The van der Waals surface area contributed by atoms with Crippen molar-refractivity contribution in [2.24, 2.45) is 5.84 Å². The van der Waals surface area contributed by atoms with E-state index in [1.54, 1.807) is 0 Å². The molecular weight excluding hydrogens is 272 g/mol. The van der Waals surface area contributed by atoms with Crippen molar-refractivity contribution in [2.75, 3.05) is 11.4 Å². The van der Waals surface area contributed by atoms with Crippen LogP contribution in [0.1, 0.15) is 27.5 Å². The number of aromatic nitrogens is 1. The molecule has 3 rings (SSSR count). The number of benzene rings is 1. The number of amides is 1. The first-order valence-corrected chi connectivity index (χ1v) is 7.44. The van der Waals surface area contributed by atoms with Crippen LogP contribution < -0.4 is 16.2 Å². The maximum Gasteiger partial charge on any atom is 0.294 e. The first kappa shape index (κ1) is 13.1. The molecule has 3 N–H and O–H groups in total. The van der Waals surface area contributed by atoms with Crippen molar-refractivity contribution >= 4 is 22.9 Å². The van der Waals surface area contributed by atoms with E-state index in [-0.39, 0.29) is 5.91 Å².